The average molecular weight is 238 g/mol. The molecule has 0 spiro atoms. The molecule has 0 unspecified atom stereocenters. The van der Waals surface area contributed by atoms with Crippen molar-refractivity contribution in [1.29, 1.82) is 0 Å². The monoisotopic (exact) mass is 238 g/mol. The maximum atomic E-state index is 6.69. The molecule has 0 N–H and O–H groups in total. The zero-order chi connectivity index (χ0) is 5.82. The van der Waals surface area contributed by atoms with Gasteiger partial charge < -0.3 is 12.4 Å². The van der Waals surface area contributed by atoms with Gasteiger partial charge in [0.15, 0.2) is 0 Å². The number of hydrogen-bond acceptors (Lipinski definition) is 0. The fraction of sp³-hybridized carbons (Fsp3) is 0. The number of benzene rings is 1. The minimum absolute atomic E-state index is 0. The van der Waals surface area contributed by atoms with Gasteiger partial charge in [0.25, 0.3) is 0 Å². The Bertz CT molecular complexity index is 200. The third-order valence-corrected chi connectivity index (χ3v) is 0.918. The molecule has 1 rings (SSSR count). The van der Waals surface area contributed by atoms with Crippen LogP contribution in [0.25, 0.3) is 0 Å². The zero-order valence-electron chi connectivity index (χ0n) is 5.12. The fourth-order valence-corrected chi connectivity index (χ4v) is 0.521. The maximum absolute atomic E-state index is 6.69. The maximum Gasteiger partial charge on any atom is 1.00 e. The summed E-state index contributed by atoms with van der Waals surface area (Å²) in [5.74, 6) is 2.28. The second-order valence-electron chi connectivity index (χ2n) is 1.49. The molecule has 0 aliphatic rings. The van der Waals surface area contributed by atoms with Crippen LogP contribution in [0.2, 0.25) is 0 Å². The Hall–Kier alpha value is -0.307. The van der Waals surface area contributed by atoms with E-state index in [0.717, 1.165) is 5.56 Å². The van der Waals surface area contributed by atoms with Gasteiger partial charge in [-0.05, 0) is 18.6 Å². The van der Waals surface area contributed by atoms with Crippen molar-refractivity contribution in [3.05, 3.63) is 42.3 Å². The van der Waals surface area contributed by atoms with Gasteiger partial charge in [-0.3, -0.25) is 0 Å². The van der Waals surface area contributed by atoms with E-state index in [4.69, 9.17) is 6.42 Å². The Balaban J connectivity index is 0. The van der Waals surface area contributed by atoms with Crippen molar-refractivity contribution in [2.24, 2.45) is 0 Å². The molecule has 0 aliphatic carbocycles. The van der Waals surface area contributed by atoms with Crippen molar-refractivity contribution in [2.75, 3.05) is 0 Å². The van der Waals surface area contributed by atoms with E-state index < -0.39 is 0 Å². The standard InChI is InChI=1S/C8H5.ClH.Ru/c1-2-8-6-4-3-5-7-8;;/h3-7H;1H;/q;;+1/p-1. The van der Waals surface area contributed by atoms with E-state index in [1.165, 1.54) is 0 Å². The molecule has 1 aromatic rings. The molecule has 52 valence electrons. The summed E-state index contributed by atoms with van der Waals surface area (Å²) in [6, 6.07) is 9.37. The summed E-state index contributed by atoms with van der Waals surface area (Å²) < 4.78 is 0. The van der Waals surface area contributed by atoms with Crippen molar-refractivity contribution >= 4 is 0 Å². The van der Waals surface area contributed by atoms with Crippen molar-refractivity contribution in [3.63, 3.8) is 0 Å². The molecule has 0 saturated heterocycles. The molecule has 0 amide bonds. The van der Waals surface area contributed by atoms with E-state index in [9.17, 15) is 0 Å². The first-order valence-electron chi connectivity index (χ1n) is 2.41. The SMILES string of the molecule is [C]#Cc1ccccc1.[Cl-].[Ru+]. The second-order valence-corrected chi connectivity index (χ2v) is 1.49. The Labute approximate surface area is 80.2 Å². The summed E-state index contributed by atoms with van der Waals surface area (Å²) in [5, 5.41) is 0. The smallest absolute Gasteiger partial charge is 1.00 e. The van der Waals surface area contributed by atoms with E-state index in [2.05, 4.69) is 5.92 Å². The number of rotatable bonds is 0. The zero-order valence-corrected chi connectivity index (χ0v) is 7.61. The molecule has 0 fully saturated rings. The molecule has 1 aromatic carbocycles. The van der Waals surface area contributed by atoms with Crippen LogP contribution in [0.1, 0.15) is 5.56 Å². The van der Waals surface area contributed by atoms with Crippen molar-refractivity contribution in [3.8, 4) is 5.92 Å². The van der Waals surface area contributed by atoms with Gasteiger partial charge in [0.1, 0.15) is 0 Å². The van der Waals surface area contributed by atoms with Gasteiger partial charge in [0, 0.05) is 5.56 Å². The van der Waals surface area contributed by atoms with E-state index in [0.29, 0.717) is 0 Å². The Morgan fingerprint density at radius 1 is 1.10 bits per heavy atom. The Morgan fingerprint density at radius 2 is 1.60 bits per heavy atom. The minimum atomic E-state index is 0. The molecule has 0 bridgehead atoms. The van der Waals surface area contributed by atoms with Crippen molar-refractivity contribution in [1.82, 2.24) is 0 Å². The molecule has 2 heteroatoms. The molecule has 0 heterocycles. The van der Waals surface area contributed by atoms with Gasteiger partial charge in [-0.1, -0.05) is 24.1 Å². The van der Waals surface area contributed by atoms with Crippen LogP contribution in [0.4, 0.5) is 0 Å². The van der Waals surface area contributed by atoms with Crippen LogP contribution in [0.15, 0.2) is 30.3 Å². The van der Waals surface area contributed by atoms with Crippen molar-refractivity contribution in [2.45, 2.75) is 0 Å². The van der Waals surface area contributed by atoms with E-state index in [-0.39, 0.29) is 31.9 Å². The van der Waals surface area contributed by atoms with Crippen LogP contribution in [0, 0.1) is 12.3 Å². The molecule has 0 saturated carbocycles. The van der Waals surface area contributed by atoms with Gasteiger partial charge in [0.05, 0.1) is 0 Å². The predicted molar refractivity (Wildman–Crippen MR) is 32.7 cm³/mol. The summed E-state index contributed by atoms with van der Waals surface area (Å²) in [6.07, 6.45) is 6.69. The summed E-state index contributed by atoms with van der Waals surface area (Å²) in [5.41, 5.74) is 0.826. The van der Waals surface area contributed by atoms with E-state index in [1.54, 1.807) is 0 Å². The first kappa shape index (κ1) is 12.4. The topological polar surface area (TPSA) is 0 Å². The molecular formula is C8H5ClRu. The molecule has 0 aliphatic heterocycles. The minimum Gasteiger partial charge on any atom is -1.00 e. The average Bonchev–Trinajstić information content (AvgIpc) is 1.90. The van der Waals surface area contributed by atoms with Gasteiger partial charge in [0.2, 0.25) is 0 Å². The quantitative estimate of drug-likeness (QED) is 0.386. The first-order valence-corrected chi connectivity index (χ1v) is 2.41. The molecular weight excluding hydrogens is 233 g/mol. The normalized spacial score (nSPS) is 6.30. The summed E-state index contributed by atoms with van der Waals surface area (Å²) >= 11 is 0. The van der Waals surface area contributed by atoms with Crippen LogP contribution >= 0.6 is 0 Å². The fourth-order valence-electron chi connectivity index (χ4n) is 0.521. The third-order valence-electron chi connectivity index (χ3n) is 0.918. The Kier molecular flexibility index (Phi) is 8.43. The molecule has 10 heavy (non-hydrogen) atoms. The summed E-state index contributed by atoms with van der Waals surface area (Å²) in [4.78, 5) is 0. The number of hydrogen-bond donors (Lipinski definition) is 0. The molecule has 0 atom stereocenters. The van der Waals surface area contributed by atoms with Crippen LogP contribution in [0.5, 0.6) is 0 Å². The second kappa shape index (κ2) is 6.81. The largest absolute Gasteiger partial charge is 1.00 e. The van der Waals surface area contributed by atoms with Crippen LogP contribution in [0.3, 0.4) is 0 Å². The van der Waals surface area contributed by atoms with Gasteiger partial charge in [-0.25, -0.2) is 0 Å². The molecule has 2 radical (unpaired) electrons. The molecule has 0 nitrogen and oxygen atoms in total. The Morgan fingerprint density at radius 3 is 1.90 bits per heavy atom. The summed E-state index contributed by atoms with van der Waals surface area (Å²) in [6.45, 7) is 0. The predicted octanol–water partition coefficient (Wildman–Crippen LogP) is -1.37. The number of halogens is 1. The van der Waals surface area contributed by atoms with Gasteiger partial charge in [-0.2, -0.15) is 0 Å². The molecule has 0 aromatic heterocycles. The van der Waals surface area contributed by atoms with Gasteiger partial charge >= 0.3 is 19.5 Å². The van der Waals surface area contributed by atoms with E-state index >= 15 is 0 Å². The van der Waals surface area contributed by atoms with E-state index in [1.807, 2.05) is 30.3 Å². The van der Waals surface area contributed by atoms with Gasteiger partial charge in [-0.15, -0.1) is 0 Å². The first-order chi connectivity index (χ1) is 3.93. The van der Waals surface area contributed by atoms with Crippen LogP contribution < -0.4 is 12.4 Å². The van der Waals surface area contributed by atoms with Crippen LogP contribution in [-0.4, -0.2) is 0 Å². The van der Waals surface area contributed by atoms with Crippen LogP contribution in [-0.2, 0) is 19.5 Å². The van der Waals surface area contributed by atoms with Crippen molar-refractivity contribution < 1.29 is 31.9 Å². The third kappa shape index (κ3) is 3.67. The summed E-state index contributed by atoms with van der Waals surface area (Å²) in [7, 11) is 0.